The molecule has 0 spiro atoms. The van der Waals surface area contributed by atoms with E-state index in [1.807, 2.05) is 0 Å². The third-order valence-electron chi connectivity index (χ3n) is 2.58. The Morgan fingerprint density at radius 2 is 1.65 bits per heavy atom. The molecule has 3 N–H and O–H groups in total. The SMILES string of the molecule is CC1C=[N+](C(C)(C)C)CC(C)C1.[O-][Cl+](O)(O)O. The van der Waals surface area contributed by atoms with E-state index in [-0.39, 0.29) is 0 Å². The zero-order valence-electron chi connectivity index (χ0n) is 11.2. The van der Waals surface area contributed by atoms with Gasteiger partial charge in [0, 0.05) is 11.8 Å². The first-order valence-corrected chi connectivity index (χ1v) is 6.99. The molecule has 0 saturated carbocycles. The number of hydrogen-bond acceptors (Lipinski definition) is 4. The minimum absolute atomic E-state index is 0.308. The Morgan fingerprint density at radius 3 is 1.94 bits per heavy atom. The van der Waals surface area contributed by atoms with E-state index in [9.17, 15) is 0 Å². The molecule has 0 bridgehead atoms. The number of halogens is 1. The number of rotatable bonds is 0. The summed E-state index contributed by atoms with van der Waals surface area (Å²) in [7, 11) is -4.19. The van der Waals surface area contributed by atoms with Gasteiger partial charge in [0.15, 0.2) is 5.54 Å². The van der Waals surface area contributed by atoms with Gasteiger partial charge in [-0.25, -0.2) is 4.58 Å². The predicted octanol–water partition coefficient (Wildman–Crippen LogP) is -0.316. The Hall–Kier alpha value is -0.200. The summed E-state index contributed by atoms with van der Waals surface area (Å²) in [5.74, 6) is 1.61. The van der Waals surface area contributed by atoms with Crippen molar-refractivity contribution in [3.63, 3.8) is 0 Å². The van der Waals surface area contributed by atoms with Gasteiger partial charge in [-0.2, -0.15) is 0 Å². The second-order valence-corrected chi connectivity index (χ2v) is 6.59. The van der Waals surface area contributed by atoms with Gasteiger partial charge in [0.1, 0.15) is 12.8 Å². The maximum absolute atomic E-state index is 8.83. The van der Waals surface area contributed by atoms with Crippen LogP contribution in [0, 0.1) is 22.1 Å². The fourth-order valence-corrected chi connectivity index (χ4v) is 1.97. The van der Waals surface area contributed by atoms with E-state index in [1.54, 1.807) is 0 Å². The molecule has 1 heterocycles. The van der Waals surface area contributed by atoms with Crippen LogP contribution in [-0.2, 0) is 0 Å². The van der Waals surface area contributed by atoms with Crippen molar-refractivity contribution >= 4 is 6.21 Å². The summed E-state index contributed by atoms with van der Waals surface area (Å²) < 4.78 is 32.7. The minimum atomic E-state index is -4.19. The molecule has 2 unspecified atom stereocenters. The summed E-state index contributed by atoms with van der Waals surface area (Å²) in [6.45, 7) is 12.8. The van der Waals surface area contributed by atoms with Gasteiger partial charge in [-0.1, -0.05) is 13.8 Å². The average Bonchev–Trinajstić information content (AvgIpc) is 1.96. The van der Waals surface area contributed by atoms with E-state index in [4.69, 9.17) is 18.6 Å². The van der Waals surface area contributed by atoms with Crippen molar-refractivity contribution < 1.29 is 33.5 Å². The fourth-order valence-electron chi connectivity index (χ4n) is 1.97. The second kappa shape index (κ2) is 6.11. The Morgan fingerprint density at radius 1 is 1.24 bits per heavy atom. The van der Waals surface area contributed by atoms with Gasteiger partial charge >= 0.3 is 28.9 Å². The van der Waals surface area contributed by atoms with Crippen molar-refractivity contribution in [3.05, 3.63) is 0 Å². The van der Waals surface area contributed by atoms with E-state index in [0.29, 0.717) is 5.54 Å². The summed E-state index contributed by atoms with van der Waals surface area (Å²) in [6.07, 6.45) is 3.76. The molecular weight excluding hydrogens is 246 g/mol. The van der Waals surface area contributed by atoms with E-state index >= 15 is 0 Å². The van der Waals surface area contributed by atoms with Crippen molar-refractivity contribution in [1.29, 1.82) is 0 Å². The van der Waals surface area contributed by atoms with Gasteiger partial charge in [-0.15, -0.1) is 0 Å². The first kappa shape index (κ1) is 16.8. The van der Waals surface area contributed by atoms with Crippen molar-refractivity contribution in [3.8, 4) is 0 Å². The first-order valence-electron chi connectivity index (χ1n) is 5.67. The van der Waals surface area contributed by atoms with Crippen molar-refractivity contribution in [2.75, 3.05) is 6.54 Å². The molecule has 0 radical (unpaired) electrons. The van der Waals surface area contributed by atoms with Crippen molar-refractivity contribution in [2.24, 2.45) is 11.8 Å². The summed E-state index contributed by atoms with van der Waals surface area (Å²) in [4.78, 5) is 0. The molecule has 1 aliphatic heterocycles. The zero-order valence-corrected chi connectivity index (χ0v) is 12.0. The van der Waals surface area contributed by atoms with Crippen LogP contribution < -0.4 is 4.66 Å². The summed E-state index contributed by atoms with van der Waals surface area (Å²) in [5.41, 5.74) is 0.308. The van der Waals surface area contributed by atoms with E-state index in [0.717, 1.165) is 11.8 Å². The number of nitrogens with zero attached hydrogens (tertiary/aromatic N) is 1. The van der Waals surface area contributed by atoms with Gasteiger partial charge in [-0.3, -0.25) is 0 Å². The van der Waals surface area contributed by atoms with Crippen LogP contribution in [0.4, 0.5) is 0 Å². The quantitative estimate of drug-likeness (QED) is 0.527. The molecule has 0 aromatic rings. The average molecular weight is 271 g/mol. The Kier molecular flexibility index (Phi) is 6.04. The Balaban J connectivity index is 0.000000437. The van der Waals surface area contributed by atoms with E-state index in [1.165, 1.54) is 13.0 Å². The van der Waals surface area contributed by atoms with Crippen LogP contribution in [0.1, 0.15) is 41.0 Å². The van der Waals surface area contributed by atoms with Crippen LogP contribution in [0.5, 0.6) is 0 Å². The predicted molar refractivity (Wildman–Crippen MR) is 60.5 cm³/mol. The molecule has 104 valence electrons. The van der Waals surface area contributed by atoms with Crippen LogP contribution >= 0.6 is 0 Å². The molecule has 0 fully saturated rings. The molecule has 1 aliphatic rings. The van der Waals surface area contributed by atoms with E-state index in [2.05, 4.69) is 45.4 Å². The van der Waals surface area contributed by atoms with E-state index < -0.39 is 10.2 Å². The van der Waals surface area contributed by atoms with Crippen molar-refractivity contribution in [2.45, 2.75) is 46.6 Å². The maximum atomic E-state index is 8.83. The monoisotopic (exact) mass is 270 g/mol. The van der Waals surface area contributed by atoms with Crippen LogP contribution in [-0.4, -0.2) is 36.9 Å². The molecular formula is C11H25ClNO4+. The molecule has 0 aromatic heterocycles. The normalized spacial score (nSPS) is 26.8. The van der Waals surface area contributed by atoms with Crippen LogP contribution in [0.15, 0.2) is 0 Å². The molecule has 1 rings (SSSR count). The Labute approximate surface area is 105 Å². The summed E-state index contributed by atoms with van der Waals surface area (Å²) in [6, 6.07) is 0. The van der Waals surface area contributed by atoms with Crippen molar-refractivity contribution in [1.82, 2.24) is 0 Å². The molecule has 0 aliphatic carbocycles. The molecule has 6 heteroatoms. The molecule has 5 nitrogen and oxygen atoms in total. The molecule has 17 heavy (non-hydrogen) atoms. The number of hydrogen-bond donors (Lipinski definition) is 3. The molecule has 0 amide bonds. The molecule has 2 atom stereocenters. The summed E-state index contributed by atoms with van der Waals surface area (Å²) in [5, 5.41) is 0. The fraction of sp³-hybridized carbons (Fsp3) is 0.909. The third kappa shape index (κ3) is 9.50. The van der Waals surface area contributed by atoms with Crippen LogP contribution in [0.2, 0.25) is 0 Å². The van der Waals surface area contributed by atoms with Gasteiger partial charge in [0.2, 0.25) is 0 Å². The molecule has 0 saturated heterocycles. The molecule has 0 aromatic carbocycles. The van der Waals surface area contributed by atoms with Gasteiger partial charge in [0.05, 0.1) is 0 Å². The van der Waals surface area contributed by atoms with Gasteiger partial charge < -0.3 is 0 Å². The Bertz CT molecular complexity index is 262. The first-order chi connectivity index (χ1) is 7.39. The zero-order chi connectivity index (χ0) is 13.9. The third-order valence-corrected chi connectivity index (χ3v) is 2.58. The standard InChI is InChI=1S/C11H22N.ClH3O4/c1-9-6-10(2)8-12(7-9)11(3,4)5;2-1(3,4)5/h7,9-10H,6,8H2,1-5H3;2-4H/q+1;. The summed E-state index contributed by atoms with van der Waals surface area (Å²) >= 11 is 0. The van der Waals surface area contributed by atoms with Crippen LogP contribution in [0.25, 0.3) is 0 Å². The van der Waals surface area contributed by atoms with Gasteiger partial charge in [-0.05, 0) is 27.2 Å². The van der Waals surface area contributed by atoms with Crippen LogP contribution in [0.3, 0.4) is 0 Å². The topological polar surface area (TPSA) is 86.8 Å². The second-order valence-electron chi connectivity index (χ2n) is 5.72. The van der Waals surface area contributed by atoms with Gasteiger partial charge in [0.25, 0.3) is 0 Å².